The molecule has 152 valence electrons. The molecule has 0 saturated carbocycles. The lowest BCUT2D eigenvalue weighted by atomic mass is 10.1. The summed E-state index contributed by atoms with van der Waals surface area (Å²) in [5, 5.41) is 0. The molecule has 0 aliphatic rings. The Labute approximate surface area is 168 Å². The van der Waals surface area contributed by atoms with Gasteiger partial charge in [0.25, 0.3) is 0 Å². The maximum Gasteiger partial charge on any atom is 0.161 e. The number of ether oxygens (including phenoxy) is 3. The van der Waals surface area contributed by atoms with Gasteiger partial charge in [0.1, 0.15) is 6.29 Å². The summed E-state index contributed by atoms with van der Waals surface area (Å²) in [5.74, 6) is 1.29. The minimum Gasteiger partial charge on any atom is -0.493 e. The first-order valence-corrected chi connectivity index (χ1v) is 10.2. The van der Waals surface area contributed by atoms with Crippen molar-refractivity contribution in [3.8, 4) is 11.5 Å². The summed E-state index contributed by atoms with van der Waals surface area (Å²) in [7, 11) is 1.60. The molecule has 4 nitrogen and oxygen atoms in total. The van der Waals surface area contributed by atoms with Gasteiger partial charge in [0, 0.05) is 18.8 Å². The highest BCUT2D eigenvalue weighted by Crippen LogP contribution is 2.27. The molecular weight excluding hydrogens is 352 g/mol. The maximum atomic E-state index is 10.9. The van der Waals surface area contributed by atoms with Crippen LogP contribution < -0.4 is 9.47 Å². The molecule has 0 saturated heterocycles. The second-order valence-electron chi connectivity index (χ2n) is 6.85. The molecule has 0 aliphatic heterocycles. The predicted molar refractivity (Wildman–Crippen MR) is 113 cm³/mol. The van der Waals surface area contributed by atoms with Gasteiger partial charge in [-0.05, 0) is 62.3 Å². The molecule has 0 amide bonds. The Hall–Kier alpha value is -2.33. The van der Waals surface area contributed by atoms with E-state index < -0.39 is 0 Å². The van der Waals surface area contributed by atoms with Crippen LogP contribution in [0.5, 0.6) is 11.5 Å². The molecule has 2 rings (SSSR count). The number of aldehydes is 1. The van der Waals surface area contributed by atoms with E-state index in [1.807, 2.05) is 0 Å². The van der Waals surface area contributed by atoms with Gasteiger partial charge in [-0.1, -0.05) is 36.8 Å². The van der Waals surface area contributed by atoms with Gasteiger partial charge in [-0.15, -0.1) is 0 Å². The molecule has 0 fully saturated rings. The number of hydrogen-bond acceptors (Lipinski definition) is 4. The molecule has 0 aliphatic carbocycles. The highest BCUT2D eigenvalue weighted by Gasteiger charge is 2.05. The van der Waals surface area contributed by atoms with Crippen LogP contribution in [-0.4, -0.2) is 33.2 Å². The molecule has 4 heteroatoms. The molecule has 2 aromatic carbocycles. The third kappa shape index (κ3) is 8.57. The summed E-state index contributed by atoms with van der Waals surface area (Å²) in [6, 6.07) is 15.8. The van der Waals surface area contributed by atoms with E-state index in [2.05, 4.69) is 30.3 Å². The largest absolute Gasteiger partial charge is 0.493 e. The summed E-state index contributed by atoms with van der Waals surface area (Å²) in [6.45, 7) is 2.31. The highest BCUT2D eigenvalue weighted by atomic mass is 16.5. The molecule has 0 bridgehead atoms. The van der Waals surface area contributed by atoms with Crippen molar-refractivity contribution >= 4 is 6.29 Å². The first-order chi connectivity index (χ1) is 13.8. The van der Waals surface area contributed by atoms with Crippen LogP contribution >= 0.6 is 0 Å². The summed E-state index contributed by atoms with van der Waals surface area (Å²) >= 11 is 0. The van der Waals surface area contributed by atoms with Crippen molar-refractivity contribution < 1.29 is 19.0 Å². The second kappa shape index (κ2) is 13.8. The lowest BCUT2D eigenvalue weighted by molar-refractivity contribution is 0.112. The van der Waals surface area contributed by atoms with E-state index in [4.69, 9.17) is 14.2 Å². The molecule has 0 spiro atoms. The summed E-state index contributed by atoms with van der Waals surface area (Å²) in [4.78, 5) is 10.9. The number of hydrogen-bond donors (Lipinski definition) is 0. The van der Waals surface area contributed by atoms with Crippen LogP contribution in [0.4, 0.5) is 0 Å². The van der Waals surface area contributed by atoms with E-state index in [0.717, 1.165) is 58.0 Å². The Morgan fingerprint density at radius 1 is 0.786 bits per heavy atom. The topological polar surface area (TPSA) is 44.8 Å². The molecule has 0 heterocycles. The Kier molecular flexibility index (Phi) is 10.8. The van der Waals surface area contributed by atoms with Crippen molar-refractivity contribution in [2.45, 2.75) is 44.9 Å². The zero-order valence-corrected chi connectivity index (χ0v) is 16.9. The summed E-state index contributed by atoms with van der Waals surface area (Å²) in [5.41, 5.74) is 2.00. The minimum atomic E-state index is 0.594. The van der Waals surface area contributed by atoms with Crippen molar-refractivity contribution in [1.29, 1.82) is 0 Å². The van der Waals surface area contributed by atoms with Crippen molar-refractivity contribution in [1.82, 2.24) is 0 Å². The molecule has 0 N–H and O–H groups in total. The van der Waals surface area contributed by atoms with Gasteiger partial charge >= 0.3 is 0 Å². The number of unbranched alkanes of at least 4 members (excludes halogenated alkanes) is 4. The lowest BCUT2D eigenvalue weighted by Crippen LogP contribution is -2.01. The van der Waals surface area contributed by atoms with E-state index >= 15 is 0 Å². The van der Waals surface area contributed by atoms with Gasteiger partial charge in [0.2, 0.25) is 0 Å². The lowest BCUT2D eigenvalue weighted by Gasteiger charge is -2.11. The maximum absolute atomic E-state index is 10.9. The Morgan fingerprint density at radius 3 is 2.21 bits per heavy atom. The monoisotopic (exact) mass is 384 g/mol. The molecule has 28 heavy (non-hydrogen) atoms. The van der Waals surface area contributed by atoms with E-state index in [1.165, 1.54) is 12.0 Å². The van der Waals surface area contributed by atoms with Crippen LogP contribution in [0.25, 0.3) is 0 Å². The smallest absolute Gasteiger partial charge is 0.161 e. The summed E-state index contributed by atoms with van der Waals surface area (Å²) < 4.78 is 16.7. The van der Waals surface area contributed by atoms with E-state index in [9.17, 15) is 4.79 Å². The van der Waals surface area contributed by atoms with E-state index in [1.54, 1.807) is 25.3 Å². The van der Waals surface area contributed by atoms with Gasteiger partial charge in [-0.3, -0.25) is 4.79 Å². The van der Waals surface area contributed by atoms with Crippen LogP contribution in [-0.2, 0) is 11.2 Å². The molecule has 0 unspecified atom stereocenters. The number of carbonyl (C=O) groups excluding carboxylic acids is 1. The average Bonchev–Trinajstić information content (AvgIpc) is 2.75. The molecule has 0 atom stereocenters. The molecule has 0 aromatic heterocycles. The number of benzene rings is 2. The van der Waals surface area contributed by atoms with E-state index in [-0.39, 0.29) is 0 Å². The Morgan fingerprint density at radius 2 is 1.50 bits per heavy atom. The average molecular weight is 385 g/mol. The third-order valence-electron chi connectivity index (χ3n) is 4.61. The molecule has 2 aromatic rings. The van der Waals surface area contributed by atoms with Crippen molar-refractivity contribution in [3.63, 3.8) is 0 Å². The normalized spacial score (nSPS) is 10.6. The van der Waals surface area contributed by atoms with Gasteiger partial charge in [-0.2, -0.15) is 0 Å². The number of methoxy groups -OCH3 is 1. The van der Waals surface area contributed by atoms with Crippen LogP contribution in [0.2, 0.25) is 0 Å². The summed E-state index contributed by atoms with van der Waals surface area (Å²) in [6.07, 6.45) is 8.54. The minimum absolute atomic E-state index is 0.594. The fourth-order valence-electron chi connectivity index (χ4n) is 3.00. The zero-order chi connectivity index (χ0) is 19.9. The fraction of sp³-hybridized carbons (Fsp3) is 0.458. The SMILES string of the molecule is COc1ccc(C=O)cc1OCCCCCCOCCCCc1ccccc1. The van der Waals surface area contributed by atoms with Gasteiger partial charge < -0.3 is 14.2 Å². The first kappa shape index (κ1) is 22.0. The Bertz CT molecular complexity index is 670. The van der Waals surface area contributed by atoms with Gasteiger partial charge in [-0.25, -0.2) is 0 Å². The quantitative estimate of drug-likeness (QED) is 0.301. The van der Waals surface area contributed by atoms with Crippen molar-refractivity contribution in [2.24, 2.45) is 0 Å². The number of carbonyl (C=O) groups is 1. The van der Waals surface area contributed by atoms with Crippen molar-refractivity contribution in [2.75, 3.05) is 26.9 Å². The van der Waals surface area contributed by atoms with Crippen LogP contribution in [0.15, 0.2) is 48.5 Å². The number of aryl methyl sites for hydroxylation is 1. The Balaban J connectivity index is 1.43. The zero-order valence-electron chi connectivity index (χ0n) is 16.9. The number of rotatable bonds is 15. The third-order valence-corrected chi connectivity index (χ3v) is 4.61. The van der Waals surface area contributed by atoms with Crippen LogP contribution in [0.3, 0.4) is 0 Å². The highest BCUT2D eigenvalue weighted by molar-refractivity contribution is 5.76. The fourth-order valence-corrected chi connectivity index (χ4v) is 3.00. The van der Waals surface area contributed by atoms with Gasteiger partial charge in [0.05, 0.1) is 13.7 Å². The van der Waals surface area contributed by atoms with Crippen LogP contribution in [0, 0.1) is 0 Å². The standard InChI is InChI=1S/C24H32O4/c1-26-23-15-14-22(20-25)19-24(23)28-18-9-3-2-8-16-27-17-10-7-13-21-11-5-4-6-12-21/h4-6,11-12,14-15,19-20H,2-3,7-10,13,16-18H2,1H3. The molecular formula is C24H32O4. The van der Waals surface area contributed by atoms with Crippen LogP contribution in [0.1, 0.15) is 54.4 Å². The second-order valence-corrected chi connectivity index (χ2v) is 6.85. The van der Waals surface area contributed by atoms with Gasteiger partial charge in [0.15, 0.2) is 11.5 Å². The van der Waals surface area contributed by atoms with E-state index in [0.29, 0.717) is 23.7 Å². The molecule has 0 radical (unpaired) electrons. The first-order valence-electron chi connectivity index (χ1n) is 10.2. The van der Waals surface area contributed by atoms with Crippen molar-refractivity contribution in [3.05, 3.63) is 59.7 Å². The predicted octanol–water partition coefficient (Wildman–Crippen LogP) is 5.49.